The molecule has 9 heteroatoms. The second-order valence-electron chi connectivity index (χ2n) is 5.99. The Bertz CT molecular complexity index is 815. The van der Waals surface area contributed by atoms with E-state index in [1.54, 1.807) is 0 Å². The summed E-state index contributed by atoms with van der Waals surface area (Å²) in [5, 5.41) is 15.7. The Morgan fingerprint density at radius 2 is 1.96 bits per heavy atom. The Balaban J connectivity index is 1.98. The highest BCUT2D eigenvalue weighted by Gasteiger charge is 2.20. The van der Waals surface area contributed by atoms with Crippen molar-refractivity contribution in [1.82, 2.24) is 14.8 Å². The number of amides is 2. The number of nitro benzene ring substituents is 1. The molecule has 0 bridgehead atoms. The molecule has 0 aliphatic rings. The maximum Gasteiger partial charge on any atom is 0.313 e. The van der Waals surface area contributed by atoms with Crippen molar-refractivity contribution >= 4 is 23.2 Å². The Morgan fingerprint density at radius 3 is 2.54 bits per heavy atom. The normalized spacial score (nSPS) is 11.8. The number of hydrogen-bond acceptors (Lipinski definition) is 5. The molecular formula is C17H21N5O4. The van der Waals surface area contributed by atoms with E-state index < -0.39 is 16.7 Å². The number of rotatable bonds is 6. The molecule has 138 valence electrons. The number of benzene rings is 1. The molecule has 0 spiro atoms. The Hall–Kier alpha value is -3.20. The molecule has 2 amide bonds. The van der Waals surface area contributed by atoms with Crippen LogP contribution >= 0.6 is 0 Å². The summed E-state index contributed by atoms with van der Waals surface area (Å²) >= 11 is 0. The molecule has 2 aromatic rings. The van der Waals surface area contributed by atoms with E-state index in [9.17, 15) is 19.7 Å². The number of aryl methyl sites for hydroxylation is 1. The number of carbonyl (C=O) groups excluding carboxylic acids is 2. The van der Waals surface area contributed by atoms with Crippen molar-refractivity contribution in [2.75, 3.05) is 26.0 Å². The van der Waals surface area contributed by atoms with Gasteiger partial charge in [-0.2, -0.15) is 0 Å². The number of aromatic nitrogens is 1. The van der Waals surface area contributed by atoms with E-state index in [4.69, 9.17) is 0 Å². The number of nitrogens with one attached hydrogen (secondary N) is 2. The SMILES string of the molecule is CN(C)C(CNC(=O)C(=O)Nc1cccc([N+](=O)[O-])c1)c1cccn1C. The smallest absolute Gasteiger partial charge is 0.313 e. The van der Waals surface area contributed by atoms with Gasteiger partial charge in [0.25, 0.3) is 5.69 Å². The van der Waals surface area contributed by atoms with Gasteiger partial charge >= 0.3 is 11.8 Å². The molecule has 1 atom stereocenters. The Kier molecular flexibility index (Phi) is 6.07. The van der Waals surface area contributed by atoms with E-state index in [1.165, 1.54) is 24.3 Å². The number of carbonyl (C=O) groups is 2. The van der Waals surface area contributed by atoms with Gasteiger partial charge in [-0.1, -0.05) is 6.07 Å². The van der Waals surface area contributed by atoms with Crippen LogP contribution in [0.5, 0.6) is 0 Å². The van der Waals surface area contributed by atoms with E-state index in [0.29, 0.717) is 0 Å². The number of likely N-dealkylation sites (N-methyl/N-ethyl adjacent to an activating group) is 1. The van der Waals surface area contributed by atoms with E-state index in [1.807, 2.05) is 48.9 Å². The van der Waals surface area contributed by atoms with Crippen LogP contribution in [0.2, 0.25) is 0 Å². The van der Waals surface area contributed by atoms with Gasteiger partial charge in [-0.25, -0.2) is 0 Å². The van der Waals surface area contributed by atoms with Crippen molar-refractivity contribution in [3.05, 3.63) is 58.4 Å². The van der Waals surface area contributed by atoms with Crippen LogP contribution in [0.15, 0.2) is 42.6 Å². The van der Waals surface area contributed by atoms with Crippen molar-refractivity contribution in [3.8, 4) is 0 Å². The molecule has 0 fully saturated rings. The molecule has 1 aromatic carbocycles. The average molecular weight is 359 g/mol. The molecule has 0 aliphatic heterocycles. The molecule has 0 saturated carbocycles. The fraction of sp³-hybridized carbons (Fsp3) is 0.294. The monoisotopic (exact) mass is 359 g/mol. The van der Waals surface area contributed by atoms with Gasteiger partial charge in [-0.05, 0) is 32.3 Å². The third kappa shape index (κ3) is 4.67. The lowest BCUT2D eigenvalue weighted by Gasteiger charge is -2.25. The number of nitro groups is 1. The van der Waals surface area contributed by atoms with Gasteiger partial charge in [0.05, 0.1) is 11.0 Å². The summed E-state index contributed by atoms with van der Waals surface area (Å²) in [7, 11) is 5.67. The summed E-state index contributed by atoms with van der Waals surface area (Å²) in [6.45, 7) is 0.242. The van der Waals surface area contributed by atoms with E-state index >= 15 is 0 Å². The zero-order valence-corrected chi connectivity index (χ0v) is 14.8. The van der Waals surface area contributed by atoms with Crippen LogP contribution in [0, 0.1) is 10.1 Å². The molecular weight excluding hydrogens is 338 g/mol. The van der Waals surface area contributed by atoms with Crippen molar-refractivity contribution in [2.24, 2.45) is 7.05 Å². The lowest BCUT2D eigenvalue weighted by Crippen LogP contribution is -2.40. The summed E-state index contributed by atoms with van der Waals surface area (Å²) in [4.78, 5) is 36.2. The predicted molar refractivity (Wildman–Crippen MR) is 96.6 cm³/mol. The molecule has 0 radical (unpaired) electrons. The summed E-state index contributed by atoms with van der Waals surface area (Å²) in [6, 6.07) is 9.15. The first kappa shape index (κ1) is 19.1. The minimum atomic E-state index is -0.880. The van der Waals surface area contributed by atoms with Gasteiger partial charge in [-0.3, -0.25) is 24.6 Å². The minimum Gasteiger partial charge on any atom is -0.353 e. The molecule has 2 N–H and O–H groups in total. The Labute approximate surface area is 150 Å². The van der Waals surface area contributed by atoms with Gasteiger partial charge < -0.3 is 15.2 Å². The number of non-ortho nitro benzene ring substituents is 1. The third-order valence-corrected chi connectivity index (χ3v) is 3.93. The van der Waals surface area contributed by atoms with Crippen LogP contribution in [0.4, 0.5) is 11.4 Å². The lowest BCUT2D eigenvalue weighted by molar-refractivity contribution is -0.384. The lowest BCUT2D eigenvalue weighted by atomic mass is 10.2. The summed E-state index contributed by atoms with van der Waals surface area (Å²) < 4.78 is 1.94. The molecule has 0 saturated heterocycles. The second-order valence-corrected chi connectivity index (χ2v) is 5.99. The highest BCUT2D eigenvalue weighted by atomic mass is 16.6. The van der Waals surface area contributed by atoms with Crippen LogP contribution in [0.3, 0.4) is 0 Å². The molecule has 1 aromatic heterocycles. The predicted octanol–water partition coefficient (Wildman–Crippen LogP) is 1.29. The zero-order valence-electron chi connectivity index (χ0n) is 14.8. The van der Waals surface area contributed by atoms with Crippen molar-refractivity contribution in [3.63, 3.8) is 0 Å². The highest BCUT2D eigenvalue weighted by molar-refractivity contribution is 6.39. The molecule has 26 heavy (non-hydrogen) atoms. The second kappa shape index (κ2) is 8.26. The minimum absolute atomic E-state index is 0.107. The third-order valence-electron chi connectivity index (χ3n) is 3.93. The first-order valence-electron chi connectivity index (χ1n) is 7.91. The molecule has 2 rings (SSSR count). The van der Waals surface area contributed by atoms with Gasteiger partial charge in [0.15, 0.2) is 0 Å². The fourth-order valence-corrected chi connectivity index (χ4v) is 2.53. The number of hydrogen-bond donors (Lipinski definition) is 2. The standard InChI is InChI=1S/C17H21N5O4/c1-20(2)15(14-8-5-9-21(14)3)11-18-16(23)17(24)19-12-6-4-7-13(10-12)22(25)26/h4-10,15H,11H2,1-3H3,(H,18,23)(H,19,24). The van der Waals surface area contributed by atoms with Crippen molar-refractivity contribution in [1.29, 1.82) is 0 Å². The largest absolute Gasteiger partial charge is 0.353 e. The van der Waals surface area contributed by atoms with E-state index in [2.05, 4.69) is 10.6 Å². The highest BCUT2D eigenvalue weighted by Crippen LogP contribution is 2.18. The van der Waals surface area contributed by atoms with E-state index in [0.717, 1.165) is 5.69 Å². The maximum absolute atomic E-state index is 12.1. The van der Waals surface area contributed by atoms with Crippen LogP contribution in [-0.4, -0.2) is 46.8 Å². The summed E-state index contributed by atoms with van der Waals surface area (Å²) in [5.74, 6) is -1.69. The van der Waals surface area contributed by atoms with Crippen LogP contribution in [0.25, 0.3) is 0 Å². The van der Waals surface area contributed by atoms with Crippen LogP contribution in [0.1, 0.15) is 11.7 Å². The van der Waals surface area contributed by atoms with Gasteiger partial charge in [0, 0.05) is 43.3 Å². The van der Waals surface area contributed by atoms with Gasteiger partial charge in [0.2, 0.25) is 0 Å². The van der Waals surface area contributed by atoms with Crippen LogP contribution in [-0.2, 0) is 16.6 Å². The first-order valence-corrected chi connectivity index (χ1v) is 7.91. The average Bonchev–Trinajstić information content (AvgIpc) is 3.00. The molecule has 1 heterocycles. The van der Waals surface area contributed by atoms with Crippen LogP contribution < -0.4 is 10.6 Å². The quantitative estimate of drug-likeness (QED) is 0.459. The summed E-state index contributed by atoms with van der Waals surface area (Å²) in [6.07, 6.45) is 1.91. The summed E-state index contributed by atoms with van der Waals surface area (Å²) in [5.41, 5.74) is 1.01. The fourth-order valence-electron chi connectivity index (χ4n) is 2.53. The number of nitrogens with zero attached hydrogens (tertiary/aromatic N) is 3. The zero-order chi connectivity index (χ0) is 19.3. The topological polar surface area (TPSA) is 110 Å². The number of anilines is 1. The maximum atomic E-state index is 12.1. The molecule has 9 nitrogen and oxygen atoms in total. The first-order chi connectivity index (χ1) is 12.3. The Morgan fingerprint density at radius 1 is 1.23 bits per heavy atom. The van der Waals surface area contributed by atoms with Gasteiger partial charge in [-0.15, -0.1) is 0 Å². The molecule has 0 aliphatic carbocycles. The van der Waals surface area contributed by atoms with E-state index in [-0.39, 0.29) is 24.0 Å². The van der Waals surface area contributed by atoms with Crippen molar-refractivity contribution in [2.45, 2.75) is 6.04 Å². The van der Waals surface area contributed by atoms with Gasteiger partial charge in [0.1, 0.15) is 0 Å². The van der Waals surface area contributed by atoms with Crippen molar-refractivity contribution < 1.29 is 14.5 Å². The molecule has 1 unspecified atom stereocenters.